The molecule has 0 aliphatic heterocycles. The van der Waals surface area contributed by atoms with Crippen molar-refractivity contribution in [1.29, 1.82) is 0 Å². The molecule has 0 saturated heterocycles. The molecule has 0 N–H and O–H groups in total. The fourth-order valence-electron chi connectivity index (χ4n) is 3.57. The first-order chi connectivity index (χ1) is 12.6. The predicted octanol–water partition coefficient (Wildman–Crippen LogP) is 5.07. The summed E-state index contributed by atoms with van der Waals surface area (Å²) in [5.74, 6) is 0.222. The molecule has 2 aliphatic carbocycles. The van der Waals surface area contributed by atoms with Gasteiger partial charge in [0.2, 0.25) is 23.1 Å². The van der Waals surface area contributed by atoms with Crippen molar-refractivity contribution in [3.05, 3.63) is 46.0 Å². The molecule has 1 fully saturated rings. The van der Waals surface area contributed by atoms with Crippen molar-refractivity contribution < 1.29 is 19.1 Å². The fraction of sp³-hybridized carbons (Fsp3) is 0.565. The summed E-state index contributed by atoms with van der Waals surface area (Å²) in [5, 5.41) is 0. The Kier molecular flexibility index (Phi) is 6.50. The van der Waals surface area contributed by atoms with Crippen LogP contribution >= 0.6 is 0 Å². The molecular formula is C23H32O4. The molecule has 0 heterocycles. The zero-order chi connectivity index (χ0) is 20.4. The normalized spacial score (nSPS) is 22.7. The van der Waals surface area contributed by atoms with E-state index in [-0.39, 0.29) is 28.5 Å². The van der Waals surface area contributed by atoms with Crippen molar-refractivity contribution in [1.82, 2.24) is 0 Å². The first kappa shape index (κ1) is 21.2. The average Bonchev–Trinajstić information content (AvgIpc) is 3.34. The lowest BCUT2D eigenvalue weighted by molar-refractivity contribution is -0.121. The number of rotatable bonds is 8. The van der Waals surface area contributed by atoms with E-state index >= 15 is 0 Å². The molecule has 1 saturated carbocycles. The minimum absolute atomic E-state index is 0.00344. The molecule has 0 spiro atoms. The van der Waals surface area contributed by atoms with E-state index in [2.05, 4.69) is 32.9 Å². The Hall–Kier alpha value is -2.10. The molecule has 0 radical (unpaired) electrons. The third-order valence-electron chi connectivity index (χ3n) is 5.54. The molecule has 1 atom stereocenters. The molecular weight excluding hydrogens is 340 g/mol. The number of hydrogen-bond acceptors (Lipinski definition) is 4. The van der Waals surface area contributed by atoms with Gasteiger partial charge in [-0.25, -0.2) is 0 Å². The number of hydrogen-bond donors (Lipinski definition) is 0. The van der Waals surface area contributed by atoms with Crippen LogP contribution in [0.2, 0.25) is 0 Å². The van der Waals surface area contributed by atoms with Gasteiger partial charge in [-0.3, -0.25) is 9.59 Å². The highest BCUT2D eigenvalue weighted by molar-refractivity contribution is 6.23. The summed E-state index contributed by atoms with van der Waals surface area (Å²) in [5.41, 5.74) is 3.78. The molecule has 0 aromatic rings. The number of Topliss-reactive ketones (excluding diaryl/α,β-unsaturated/α-hetero) is 2. The van der Waals surface area contributed by atoms with Gasteiger partial charge >= 0.3 is 0 Å². The lowest BCUT2D eigenvalue weighted by atomic mass is 9.79. The van der Waals surface area contributed by atoms with Crippen LogP contribution in [0.5, 0.6) is 0 Å². The van der Waals surface area contributed by atoms with E-state index in [4.69, 9.17) is 9.47 Å². The molecule has 2 aliphatic rings. The van der Waals surface area contributed by atoms with Gasteiger partial charge in [-0.1, -0.05) is 44.1 Å². The molecule has 0 bridgehead atoms. The van der Waals surface area contributed by atoms with Crippen molar-refractivity contribution in [2.45, 2.75) is 60.3 Å². The van der Waals surface area contributed by atoms with E-state index in [0.717, 1.165) is 24.3 Å². The number of carbonyl (C=O) groups excluding carboxylic acids is 2. The maximum absolute atomic E-state index is 12.8. The molecule has 0 amide bonds. The Morgan fingerprint density at radius 3 is 2.19 bits per heavy atom. The van der Waals surface area contributed by atoms with Crippen LogP contribution in [0, 0.1) is 11.3 Å². The third-order valence-corrected chi connectivity index (χ3v) is 5.54. The molecule has 4 nitrogen and oxygen atoms in total. The molecule has 0 aromatic carbocycles. The lowest BCUT2D eigenvalue weighted by Crippen LogP contribution is -2.25. The molecule has 0 aromatic heterocycles. The maximum atomic E-state index is 12.8. The Labute approximate surface area is 163 Å². The van der Waals surface area contributed by atoms with Crippen LogP contribution in [0.1, 0.15) is 60.3 Å². The van der Waals surface area contributed by atoms with Crippen molar-refractivity contribution in [3.8, 4) is 0 Å². The topological polar surface area (TPSA) is 52.6 Å². The Bertz CT molecular complexity index is 759. The second kappa shape index (κ2) is 8.28. The molecule has 27 heavy (non-hydrogen) atoms. The van der Waals surface area contributed by atoms with Gasteiger partial charge in [0.25, 0.3) is 0 Å². The van der Waals surface area contributed by atoms with Crippen LogP contribution in [-0.2, 0) is 19.1 Å². The summed E-state index contributed by atoms with van der Waals surface area (Å²) in [6, 6.07) is 0. The fourth-order valence-corrected chi connectivity index (χ4v) is 3.57. The van der Waals surface area contributed by atoms with Crippen LogP contribution in [-0.4, -0.2) is 25.8 Å². The first-order valence-corrected chi connectivity index (χ1v) is 9.59. The predicted molar refractivity (Wildman–Crippen MR) is 107 cm³/mol. The van der Waals surface area contributed by atoms with E-state index in [9.17, 15) is 9.59 Å². The summed E-state index contributed by atoms with van der Waals surface area (Å²) in [6.07, 6.45) is 8.02. The minimum atomic E-state index is -0.272. The molecule has 2 rings (SSSR count). The Morgan fingerprint density at radius 2 is 1.70 bits per heavy atom. The van der Waals surface area contributed by atoms with Gasteiger partial charge in [-0.2, -0.15) is 0 Å². The molecule has 148 valence electrons. The third kappa shape index (κ3) is 4.79. The van der Waals surface area contributed by atoms with Crippen molar-refractivity contribution in [3.63, 3.8) is 0 Å². The molecule has 4 heteroatoms. The summed E-state index contributed by atoms with van der Waals surface area (Å²) >= 11 is 0. The first-order valence-electron chi connectivity index (χ1n) is 9.59. The summed E-state index contributed by atoms with van der Waals surface area (Å²) < 4.78 is 10.3. The SMILES string of the molecule is C/C=C(\CC1=C(C)C(=O)C(OC)=C(OC)C1=O)CC(C)(C)C/C=C1\CC1C. The maximum Gasteiger partial charge on any atom is 0.228 e. The van der Waals surface area contributed by atoms with Gasteiger partial charge in [-0.05, 0) is 50.9 Å². The number of ketones is 2. The zero-order valence-corrected chi connectivity index (χ0v) is 17.7. The van der Waals surface area contributed by atoms with Crippen LogP contribution in [0.15, 0.2) is 46.0 Å². The number of allylic oxidation sites excluding steroid dienone is 6. The highest BCUT2D eigenvalue weighted by atomic mass is 16.5. The highest BCUT2D eigenvalue weighted by Crippen LogP contribution is 2.40. The van der Waals surface area contributed by atoms with E-state index in [1.807, 2.05) is 6.92 Å². The van der Waals surface area contributed by atoms with Crippen molar-refractivity contribution >= 4 is 11.6 Å². The van der Waals surface area contributed by atoms with E-state index in [0.29, 0.717) is 17.6 Å². The van der Waals surface area contributed by atoms with E-state index < -0.39 is 0 Å². The monoisotopic (exact) mass is 372 g/mol. The quantitative estimate of drug-likeness (QED) is 0.441. The van der Waals surface area contributed by atoms with Gasteiger partial charge in [-0.15, -0.1) is 0 Å². The zero-order valence-electron chi connectivity index (χ0n) is 17.7. The number of methoxy groups -OCH3 is 2. The van der Waals surface area contributed by atoms with Crippen molar-refractivity contribution in [2.24, 2.45) is 11.3 Å². The van der Waals surface area contributed by atoms with Gasteiger partial charge in [0.1, 0.15) is 0 Å². The van der Waals surface area contributed by atoms with Gasteiger partial charge in [0, 0.05) is 11.1 Å². The number of ether oxygens (including phenoxy) is 2. The smallest absolute Gasteiger partial charge is 0.228 e. The Morgan fingerprint density at radius 1 is 1.15 bits per heavy atom. The van der Waals surface area contributed by atoms with E-state index in [1.54, 1.807) is 12.5 Å². The number of carbonyl (C=O) groups is 2. The van der Waals surface area contributed by atoms with Crippen LogP contribution in [0.25, 0.3) is 0 Å². The van der Waals surface area contributed by atoms with Gasteiger partial charge in [0.05, 0.1) is 14.2 Å². The summed E-state index contributed by atoms with van der Waals surface area (Å²) in [7, 11) is 2.77. The lowest BCUT2D eigenvalue weighted by Gasteiger charge is -2.26. The second-order valence-corrected chi connectivity index (χ2v) is 8.38. The summed E-state index contributed by atoms with van der Waals surface area (Å²) in [4.78, 5) is 25.4. The van der Waals surface area contributed by atoms with Crippen LogP contribution < -0.4 is 0 Å². The van der Waals surface area contributed by atoms with Crippen LogP contribution in [0.4, 0.5) is 0 Å². The van der Waals surface area contributed by atoms with Crippen LogP contribution in [0.3, 0.4) is 0 Å². The molecule has 1 unspecified atom stereocenters. The Balaban J connectivity index is 2.17. The van der Waals surface area contributed by atoms with Crippen molar-refractivity contribution in [2.75, 3.05) is 14.2 Å². The highest BCUT2D eigenvalue weighted by Gasteiger charge is 2.35. The largest absolute Gasteiger partial charge is 0.489 e. The standard InChI is InChI=1S/C23H32O4/c1-8-16(13-23(4,5)10-9-17-11-14(17)2)12-18-15(3)19(24)21(26-6)22(27-7)20(18)25/h8-9,14H,10-13H2,1-7H3/b16-8+,17-9+. The van der Waals surface area contributed by atoms with E-state index in [1.165, 1.54) is 20.6 Å². The summed E-state index contributed by atoms with van der Waals surface area (Å²) in [6.45, 7) is 10.4. The van der Waals surface area contributed by atoms with Gasteiger partial charge in [0.15, 0.2) is 0 Å². The minimum Gasteiger partial charge on any atom is -0.489 e. The second-order valence-electron chi connectivity index (χ2n) is 8.38. The van der Waals surface area contributed by atoms with Gasteiger partial charge < -0.3 is 9.47 Å². The average molecular weight is 373 g/mol.